The number of hydrogen-bond acceptors (Lipinski definition) is 4. The highest BCUT2D eigenvalue weighted by Gasteiger charge is 2.22. The summed E-state index contributed by atoms with van der Waals surface area (Å²) in [5, 5.41) is 4.35. The number of pyridine rings is 1. The van der Waals surface area contributed by atoms with Crippen LogP contribution in [0.4, 0.5) is 4.39 Å². The molecule has 0 atom stereocenters. The van der Waals surface area contributed by atoms with Crippen molar-refractivity contribution < 1.29 is 4.39 Å². The smallest absolute Gasteiger partial charge is 0.128 e. The predicted octanol–water partition coefficient (Wildman–Crippen LogP) is 3.96. The summed E-state index contributed by atoms with van der Waals surface area (Å²) < 4.78 is 14.5. The van der Waals surface area contributed by atoms with Gasteiger partial charge in [0.2, 0.25) is 0 Å². The zero-order valence-electron chi connectivity index (χ0n) is 16.5. The normalized spacial score (nSPS) is 14.8. The highest BCUT2D eigenvalue weighted by molar-refractivity contribution is 5.91. The Morgan fingerprint density at radius 3 is 2.52 bits per heavy atom. The molecule has 0 saturated heterocycles. The van der Waals surface area contributed by atoms with Crippen molar-refractivity contribution >= 4 is 16.6 Å². The van der Waals surface area contributed by atoms with Gasteiger partial charge in [-0.05, 0) is 73.9 Å². The Balaban J connectivity index is 2.31. The number of rotatable bonds is 5. The van der Waals surface area contributed by atoms with Gasteiger partial charge in [-0.15, -0.1) is 0 Å². The second-order valence-corrected chi connectivity index (χ2v) is 7.03. The van der Waals surface area contributed by atoms with Gasteiger partial charge in [0.1, 0.15) is 5.82 Å². The van der Waals surface area contributed by atoms with Gasteiger partial charge in [0.05, 0.1) is 22.6 Å². The van der Waals surface area contributed by atoms with Crippen molar-refractivity contribution in [2.24, 2.45) is 5.84 Å². The van der Waals surface area contributed by atoms with Gasteiger partial charge in [-0.3, -0.25) is 5.84 Å². The first-order chi connectivity index (χ1) is 12.9. The van der Waals surface area contributed by atoms with Gasteiger partial charge in [-0.2, -0.15) is 0 Å². The molecule has 0 bridgehead atoms. The minimum absolute atomic E-state index is 0.186. The zero-order chi connectivity index (χ0) is 19.7. The second-order valence-electron chi connectivity index (χ2n) is 7.03. The number of aromatic nitrogens is 1. The largest absolute Gasteiger partial charge is 0.386 e. The van der Waals surface area contributed by atoms with E-state index >= 15 is 0 Å². The van der Waals surface area contributed by atoms with Gasteiger partial charge in [-0.1, -0.05) is 12.7 Å². The number of hydrazine groups is 1. The maximum absolute atomic E-state index is 14.5. The number of halogens is 1. The number of benzene rings is 1. The molecule has 0 fully saturated rings. The molecule has 1 aromatic heterocycles. The van der Waals surface area contributed by atoms with Crippen molar-refractivity contribution in [3.63, 3.8) is 0 Å². The minimum atomic E-state index is -0.186. The number of nitrogens with one attached hydrogen (secondary N) is 2. The highest BCUT2D eigenvalue weighted by Crippen LogP contribution is 2.36. The van der Waals surface area contributed by atoms with Crippen LogP contribution >= 0.6 is 0 Å². The Labute approximate surface area is 160 Å². The van der Waals surface area contributed by atoms with Crippen LogP contribution in [0.2, 0.25) is 0 Å². The summed E-state index contributed by atoms with van der Waals surface area (Å²) in [4.78, 5) is 4.84. The van der Waals surface area contributed by atoms with Crippen molar-refractivity contribution in [1.29, 1.82) is 0 Å². The molecule has 1 aliphatic carbocycles. The number of hydrogen-bond donors (Lipinski definition) is 3. The maximum atomic E-state index is 14.5. The summed E-state index contributed by atoms with van der Waals surface area (Å²) in [5.41, 5.74) is 11.0. The fraction of sp³-hybridized carbons (Fsp3) is 0.318. The summed E-state index contributed by atoms with van der Waals surface area (Å²) in [6.07, 6.45) is 6.58. The molecule has 27 heavy (non-hydrogen) atoms. The van der Waals surface area contributed by atoms with Crippen LogP contribution in [0.3, 0.4) is 0 Å². The van der Waals surface area contributed by atoms with Crippen molar-refractivity contribution in [3.8, 4) is 0 Å². The lowest BCUT2D eigenvalue weighted by atomic mass is 9.84. The highest BCUT2D eigenvalue weighted by atomic mass is 19.1. The van der Waals surface area contributed by atoms with Gasteiger partial charge < -0.3 is 10.7 Å². The van der Waals surface area contributed by atoms with Gasteiger partial charge >= 0.3 is 0 Å². The van der Waals surface area contributed by atoms with Gasteiger partial charge in [0.25, 0.3) is 0 Å². The van der Waals surface area contributed by atoms with E-state index in [-0.39, 0.29) is 5.82 Å². The molecule has 0 spiro atoms. The first-order valence-corrected chi connectivity index (χ1v) is 9.23. The van der Waals surface area contributed by atoms with Crippen LogP contribution in [0.25, 0.3) is 16.6 Å². The van der Waals surface area contributed by atoms with E-state index < -0.39 is 0 Å². The lowest BCUT2D eigenvalue weighted by Crippen LogP contribution is -2.22. The third kappa shape index (κ3) is 3.23. The Hall–Kier alpha value is -2.66. The fourth-order valence-corrected chi connectivity index (χ4v) is 3.86. The van der Waals surface area contributed by atoms with Crippen molar-refractivity contribution in [2.75, 3.05) is 7.05 Å². The molecule has 4 nitrogen and oxygen atoms in total. The van der Waals surface area contributed by atoms with Gasteiger partial charge in [0, 0.05) is 18.5 Å². The van der Waals surface area contributed by atoms with Gasteiger partial charge in [-0.25, -0.2) is 9.37 Å². The molecule has 0 amide bonds. The average Bonchev–Trinajstić information content (AvgIpc) is 2.69. The third-order valence-electron chi connectivity index (χ3n) is 5.53. The summed E-state index contributed by atoms with van der Waals surface area (Å²) in [5.74, 6) is 5.50. The topological polar surface area (TPSA) is 63.0 Å². The number of nitrogens with two attached hydrogens (primary N) is 1. The van der Waals surface area contributed by atoms with Crippen molar-refractivity contribution in [1.82, 2.24) is 15.7 Å². The van der Waals surface area contributed by atoms with E-state index in [1.165, 1.54) is 5.56 Å². The van der Waals surface area contributed by atoms with Crippen molar-refractivity contribution in [3.05, 3.63) is 69.8 Å². The van der Waals surface area contributed by atoms with Crippen LogP contribution < -0.4 is 16.6 Å². The third-order valence-corrected chi connectivity index (χ3v) is 5.53. The van der Waals surface area contributed by atoms with Crippen LogP contribution in [0.15, 0.2) is 36.1 Å². The molecule has 4 N–H and O–H groups in total. The number of allylic oxidation sites excluding steroid dienone is 3. The van der Waals surface area contributed by atoms with Gasteiger partial charge in [0.15, 0.2) is 0 Å². The first-order valence-electron chi connectivity index (χ1n) is 9.23. The summed E-state index contributed by atoms with van der Waals surface area (Å²) in [6, 6.07) is 1.56. The summed E-state index contributed by atoms with van der Waals surface area (Å²) >= 11 is 0. The van der Waals surface area contributed by atoms with E-state index in [1.54, 1.807) is 12.1 Å². The summed E-state index contributed by atoms with van der Waals surface area (Å²) in [7, 11) is 1.85. The Bertz CT molecular complexity index is 986. The first kappa shape index (κ1) is 19.1. The SMILES string of the molecule is C=C/C(C)=C(\C=C(/NC)c1nc2cc(F)c(C)c3c2c(c1C)CCC3)NN. The van der Waals surface area contributed by atoms with Crippen LogP contribution in [0, 0.1) is 19.7 Å². The molecule has 5 heteroatoms. The molecule has 2 aromatic rings. The molecule has 1 aliphatic rings. The monoisotopic (exact) mass is 366 g/mol. The second kappa shape index (κ2) is 7.53. The fourth-order valence-electron chi connectivity index (χ4n) is 3.86. The standard InChI is InChI=1S/C22H27FN4/c1-6-12(2)18(27-24)11-20(25-5)22-14(4)16-9-7-8-15-13(3)17(23)10-19(26-22)21(15)16/h6,10-11,25,27H,1,7-9,24H2,2-5H3/b18-12+,20-11-. The Morgan fingerprint density at radius 2 is 1.93 bits per heavy atom. The molecule has 142 valence electrons. The molecular weight excluding hydrogens is 339 g/mol. The molecule has 0 radical (unpaired) electrons. The molecule has 0 saturated carbocycles. The maximum Gasteiger partial charge on any atom is 0.128 e. The van der Waals surface area contributed by atoms with Crippen LogP contribution in [0.5, 0.6) is 0 Å². The average molecular weight is 366 g/mol. The molecule has 1 heterocycles. The van der Waals surface area contributed by atoms with Crippen molar-refractivity contribution in [2.45, 2.75) is 40.0 Å². The van der Waals surface area contributed by atoms with E-state index in [0.717, 1.165) is 69.5 Å². The molecule has 3 rings (SSSR count). The lowest BCUT2D eigenvalue weighted by Gasteiger charge is -2.23. The van der Waals surface area contributed by atoms with Crippen LogP contribution in [-0.2, 0) is 12.8 Å². The van der Waals surface area contributed by atoms with Crippen LogP contribution in [-0.4, -0.2) is 12.0 Å². The minimum Gasteiger partial charge on any atom is -0.386 e. The van der Waals surface area contributed by atoms with E-state index in [4.69, 9.17) is 10.8 Å². The molecule has 1 aromatic carbocycles. The van der Waals surface area contributed by atoms with E-state index in [9.17, 15) is 4.39 Å². The van der Waals surface area contributed by atoms with Crippen LogP contribution in [0.1, 0.15) is 41.3 Å². The number of aryl methyl sites for hydroxylation is 2. The molecular formula is C22H27FN4. The van der Waals surface area contributed by atoms with E-state index in [2.05, 4.69) is 24.2 Å². The van der Waals surface area contributed by atoms with E-state index in [1.807, 2.05) is 27.0 Å². The summed E-state index contributed by atoms with van der Waals surface area (Å²) in [6.45, 7) is 9.68. The number of nitrogens with zero attached hydrogens (tertiary/aromatic N) is 1. The quantitative estimate of drug-likeness (QED) is 0.426. The zero-order valence-corrected chi connectivity index (χ0v) is 16.5. The Kier molecular flexibility index (Phi) is 5.33. The molecule has 0 unspecified atom stereocenters. The lowest BCUT2D eigenvalue weighted by molar-refractivity contribution is 0.615. The predicted molar refractivity (Wildman–Crippen MR) is 110 cm³/mol. The van der Waals surface area contributed by atoms with E-state index in [0.29, 0.717) is 0 Å². The molecule has 0 aliphatic heterocycles. The Morgan fingerprint density at radius 1 is 1.26 bits per heavy atom.